The van der Waals surface area contributed by atoms with Crippen LogP contribution in [-0.2, 0) is 0 Å². The van der Waals surface area contributed by atoms with E-state index in [1.54, 1.807) is 19.9 Å². The van der Waals surface area contributed by atoms with Crippen molar-refractivity contribution in [1.82, 2.24) is 0 Å². The molecule has 0 aliphatic heterocycles. The van der Waals surface area contributed by atoms with Gasteiger partial charge in [0, 0.05) is 18.2 Å². The molecule has 0 aromatic heterocycles. The number of nitrogens with two attached hydrogens (primary N) is 1. The molecule has 0 heterocycles. The quantitative estimate of drug-likeness (QED) is 0.588. The van der Waals surface area contributed by atoms with Crippen LogP contribution in [0.3, 0.4) is 0 Å². The van der Waals surface area contributed by atoms with Crippen LogP contribution >= 0.6 is 0 Å². The van der Waals surface area contributed by atoms with Crippen LogP contribution in [0.2, 0.25) is 0 Å². The number of rotatable bonds is 5. The van der Waals surface area contributed by atoms with Gasteiger partial charge in [0.15, 0.2) is 0 Å². The Balaban J connectivity index is 2.88. The summed E-state index contributed by atoms with van der Waals surface area (Å²) in [6.45, 7) is 3.56. The fourth-order valence-corrected chi connectivity index (χ4v) is 1.38. The van der Waals surface area contributed by atoms with Crippen molar-refractivity contribution in [2.45, 2.75) is 20.0 Å². The molecule has 1 rings (SSSR count). The van der Waals surface area contributed by atoms with Gasteiger partial charge in [0.25, 0.3) is 5.69 Å². The Morgan fingerprint density at radius 1 is 1.47 bits per heavy atom. The third-order valence-electron chi connectivity index (χ3n) is 2.39. The highest BCUT2D eigenvalue weighted by Gasteiger charge is 2.14. The molecule has 0 saturated carbocycles. The molecule has 0 spiro atoms. The van der Waals surface area contributed by atoms with Crippen LogP contribution in [0.1, 0.15) is 11.1 Å². The van der Waals surface area contributed by atoms with E-state index < -0.39 is 11.0 Å². The van der Waals surface area contributed by atoms with Gasteiger partial charge in [-0.15, -0.1) is 0 Å². The predicted octanol–water partition coefficient (Wildman–Crippen LogP) is 0.910. The monoisotopic (exact) mass is 240 g/mol. The van der Waals surface area contributed by atoms with Gasteiger partial charge in [-0.2, -0.15) is 0 Å². The van der Waals surface area contributed by atoms with Crippen LogP contribution in [-0.4, -0.2) is 29.3 Å². The summed E-state index contributed by atoms with van der Waals surface area (Å²) in [5, 5.41) is 20.0. The van der Waals surface area contributed by atoms with Crippen LogP contribution in [0, 0.1) is 24.0 Å². The summed E-state index contributed by atoms with van der Waals surface area (Å²) in [7, 11) is 0. The first-order valence-electron chi connectivity index (χ1n) is 5.22. The van der Waals surface area contributed by atoms with Gasteiger partial charge in [-0.3, -0.25) is 10.1 Å². The molecular formula is C11H16N2O4. The largest absolute Gasteiger partial charge is 0.491 e. The van der Waals surface area contributed by atoms with E-state index in [4.69, 9.17) is 10.5 Å². The van der Waals surface area contributed by atoms with Gasteiger partial charge in [-0.1, -0.05) is 0 Å². The lowest BCUT2D eigenvalue weighted by atomic mass is 10.1. The van der Waals surface area contributed by atoms with E-state index in [0.717, 1.165) is 0 Å². The molecule has 0 aliphatic rings. The Bertz CT molecular complexity index is 420. The maximum atomic E-state index is 10.7. The molecule has 3 N–H and O–H groups in total. The first-order valence-corrected chi connectivity index (χ1v) is 5.22. The molecule has 1 unspecified atom stereocenters. The molecule has 0 fully saturated rings. The number of aliphatic hydroxyl groups excluding tert-OH is 1. The minimum atomic E-state index is -0.732. The molecule has 0 amide bonds. The van der Waals surface area contributed by atoms with Crippen LogP contribution < -0.4 is 10.5 Å². The molecule has 0 bridgehead atoms. The summed E-state index contributed by atoms with van der Waals surface area (Å²) < 4.78 is 5.35. The zero-order valence-corrected chi connectivity index (χ0v) is 9.84. The molecule has 1 atom stereocenters. The molecule has 6 heteroatoms. The maximum absolute atomic E-state index is 10.7. The Morgan fingerprint density at radius 2 is 2.12 bits per heavy atom. The van der Waals surface area contributed by atoms with E-state index in [9.17, 15) is 15.2 Å². The zero-order chi connectivity index (χ0) is 13.0. The standard InChI is InChI=1S/C11H16N2O4/c1-7-4-11(17-6-9(14)5-12)8(2)3-10(7)13(15)16/h3-4,9,14H,5-6,12H2,1-2H3. The predicted molar refractivity (Wildman–Crippen MR) is 63.1 cm³/mol. The van der Waals surface area contributed by atoms with E-state index in [-0.39, 0.29) is 18.8 Å². The first-order chi connectivity index (χ1) is 7.95. The van der Waals surface area contributed by atoms with Gasteiger partial charge in [-0.05, 0) is 25.5 Å². The summed E-state index contributed by atoms with van der Waals surface area (Å²) in [4.78, 5) is 10.3. The number of nitro benzene ring substituents is 1. The van der Waals surface area contributed by atoms with Gasteiger partial charge >= 0.3 is 0 Å². The Labute approximate surface area is 99.2 Å². The molecular weight excluding hydrogens is 224 g/mol. The number of ether oxygens (including phenoxy) is 1. The van der Waals surface area contributed by atoms with Gasteiger partial charge in [-0.25, -0.2) is 0 Å². The molecule has 0 aliphatic carbocycles. The lowest BCUT2D eigenvalue weighted by Gasteiger charge is -2.13. The third kappa shape index (κ3) is 3.40. The Hall–Kier alpha value is -1.66. The van der Waals surface area contributed by atoms with E-state index >= 15 is 0 Å². The van der Waals surface area contributed by atoms with E-state index in [2.05, 4.69) is 0 Å². The number of hydrogen-bond acceptors (Lipinski definition) is 5. The van der Waals surface area contributed by atoms with E-state index in [1.165, 1.54) is 6.07 Å². The number of nitro groups is 1. The summed E-state index contributed by atoms with van der Waals surface area (Å²) in [6, 6.07) is 3.05. The van der Waals surface area contributed by atoms with Gasteiger partial charge in [0.1, 0.15) is 18.5 Å². The van der Waals surface area contributed by atoms with Crippen molar-refractivity contribution in [3.8, 4) is 5.75 Å². The van der Waals surface area contributed by atoms with Crippen molar-refractivity contribution in [3.05, 3.63) is 33.4 Å². The van der Waals surface area contributed by atoms with Crippen molar-refractivity contribution >= 4 is 5.69 Å². The van der Waals surface area contributed by atoms with Gasteiger partial charge in [0.05, 0.1) is 4.92 Å². The summed E-state index contributed by atoms with van der Waals surface area (Å²) in [6.07, 6.45) is -0.732. The highest BCUT2D eigenvalue weighted by Crippen LogP contribution is 2.27. The topological polar surface area (TPSA) is 98.6 Å². The zero-order valence-electron chi connectivity index (χ0n) is 9.84. The van der Waals surface area contributed by atoms with Crippen molar-refractivity contribution in [2.75, 3.05) is 13.2 Å². The number of aliphatic hydroxyl groups is 1. The minimum absolute atomic E-state index is 0.0641. The second kappa shape index (κ2) is 5.60. The third-order valence-corrected chi connectivity index (χ3v) is 2.39. The fraction of sp³-hybridized carbons (Fsp3) is 0.455. The van der Waals surface area contributed by atoms with Crippen molar-refractivity contribution < 1.29 is 14.8 Å². The molecule has 0 saturated heterocycles. The van der Waals surface area contributed by atoms with Crippen molar-refractivity contribution in [1.29, 1.82) is 0 Å². The van der Waals surface area contributed by atoms with E-state index in [1.807, 2.05) is 0 Å². The van der Waals surface area contributed by atoms with Crippen LogP contribution in [0.15, 0.2) is 12.1 Å². The average Bonchev–Trinajstić information content (AvgIpc) is 2.28. The molecule has 1 aromatic rings. The van der Waals surface area contributed by atoms with Crippen molar-refractivity contribution in [2.24, 2.45) is 5.73 Å². The minimum Gasteiger partial charge on any atom is -0.491 e. The highest BCUT2D eigenvalue weighted by molar-refractivity contribution is 5.49. The summed E-state index contributed by atoms with van der Waals surface area (Å²) >= 11 is 0. The fourth-order valence-electron chi connectivity index (χ4n) is 1.38. The van der Waals surface area contributed by atoms with E-state index in [0.29, 0.717) is 16.9 Å². The van der Waals surface area contributed by atoms with Crippen molar-refractivity contribution in [3.63, 3.8) is 0 Å². The maximum Gasteiger partial charge on any atom is 0.272 e. The van der Waals surface area contributed by atoms with Gasteiger partial charge < -0.3 is 15.6 Å². The average molecular weight is 240 g/mol. The normalized spacial score (nSPS) is 12.2. The smallest absolute Gasteiger partial charge is 0.272 e. The molecule has 0 radical (unpaired) electrons. The highest BCUT2D eigenvalue weighted by atomic mass is 16.6. The molecule has 6 nitrogen and oxygen atoms in total. The molecule has 17 heavy (non-hydrogen) atoms. The molecule has 94 valence electrons. The number of nitrogens with zero attached hydrogens (tertiary/aromatic N) is 1. The lowest BCUT2D eigenvalue weighted by Crippen LogP contribution is -2.26. The van der Waals surface area contributed by atoms with Crippen LogP contribution in [0.25, 0.3) is 0 Å². The Morgan fingerprint density at radius 3 is 2.65 bits per heavy atom. The number of benzene rings is 1. The van der Waals surface area contributed by atoms with Crippen LogP contribution in [0.4, 0.5) is 5.69 Å². The number of aryl methyl sites for hydroxylation is 2. The lowest BCUT2D eigenvalue weighted by molar-refractivity contribution is -0.385. The second-order valence-electron chi connectivity index (χ2n) is 3.86. The number of hydrogen-bond donors (Lipinski definition) is 2. The van der Waals surface area contributed by atoms with Gasteiger partial charge in [0.2, 0.25) is 0 Å². The Kier molecular flexibility index (Phi) is 4.42. The van der Waals surface area contributed by atoms with Crippen LogP contribution in [0.5, 0.6) is 5.75 Å². The molecule has 1 aromatic carbocycles. The second-order valence-corrected chi connectivity index (χ2v) is 3.86. The SMILES string of the molecule is Cc1cc([N+](=O)[O-])c(C)cc1OCC(O)CN. The summed E-state index contributed by atoms with van der Waals surface area (Å²) in [5.74, 6) is 0.528. The summed E-state index contributed by atoms with van der Waals surface area (Å²) in [5.41, 5.74) is 6.50. The first kappa shape index (κ1) is 13.4.